The highest BCUT2D eigenvalue weighted by Gasteiger charge is 2.46. The van der Waals surface area contributed by atoms with E-state index in [2.05, 4.69) is 16.3 Å². The molecule has 0 aliphatic carbocycles. The molecule has 10 heteroatoms. The van der Waals surface area contributed by atoms with Gasteiger partial charge in [-0.25, -0.2) is 16.8 Å². The van der Waals surface area contributed by atoms with Crippen molar-refractivity contribution in [2.24, 2.45) is 0 Å². The number of thiophene rings is 1. The van der Waals surface area contributed by atoms with Gasteiger partial charge in [0, 0.05) is 17.5 Å². The first-order valence-corrected chi connectivity index (χ1v) is 14.6. The van der Waals surface area contributed by atoms with Crippen molar-refractivity contribution in [2.45, 2.75) is 35.1 Å². The van der Waals surface area contributed by atoms with Crippen LogP contribution >= 0.6 is 11.3 Å². The van der Waals surface area contributed by atoms with Gasteiger partial charge in [-0.1, -0.05) is 6.07 Å². The number of nitrogens with zero attached hydrogens (tertiary/aromatic N) is 1. The Kier molecular flexibility index (Phi) is 6.73. The minimum atomic E-state index is -3.81. The van der Waals surface area contributed by atoms with Gasteiger partial charge in [0.15, 0.2) is 19.7 Å². The summed E-state index contributed by atoms with van der Waals surface area (Å²) in [5.74, 6) is 0.0356. The normalized spacial score (nSPS) is 24.9. The summed E-state index contributed by atoms with van der Waals surface area (Å²) in [6.45, 7) is 2.52. The van der Waals surface area contributed by atoms with E-state index in [1.807, 2.05) is 11.4 Å². The Balaban J connectivity index is 1.55. The third kappa shape index (κ3) is 4.98. The lowest BCUT2D eigenvalue weighted by Gasteiger charge is -2.29. The molecule has 2 fully saturated rings. The van der Waals surface area contributed by atoms with Gasteiger partial charge in [0.25, 0.3) is 0 Å². The molecule has 31 heavy (non-hydrogen) atoms. The lowest BCUT2D eigenvalue weighted by Crippen LogP contribution is -2.46. The molecule has 0 spiro atoms. The smallest absolute Gasteiger partial charge is 0.183 e. The van der Waals surface area contributed by atoms with Crippen LogP contribution in [0.5, 0.6) is 5.75 Å². The minimum Gasteiger partial charge on any atom is -0.497 e. The van der Waals surface area contributed by atoms with Crippen molar-refractivity contribution in [1.82, 2.24) is 10.2 Å². The van der Waals surface area contributed by atoms with Crippen molar-refractivity contribution in [2.75, 3.05) is 38.2 Å². The first kappa shape index (κ1) is 22.7. The van der Waals surface area contributed by atoms with Gasteiger partial charge in [-0.3, -0.25) is 4.90 Å². The molecule has 1 N–H and O–H groups in total. The lowest BCUT2D eigenvalue weighted by atomic mass is 10.2. The van der Waals surface area contributed by atoms with Crippen LogP contribution in [0.4, 0.5) is 0 Å². The second kappa shape index (κ2) is 9.19. The zero-order chi connectivity index (χ0) is 22.1. The average molecular weight is 485 g/mol. The van der Waals surface area contributed by atoms with E-state index in [-0.39, 0.29) is 22.4 Å². The molecular formula is C21H28N2O5S3. The van der Waals surface area contributed by atoms with Gasteiger partial charge in [0.1, 0.15) is 5.75 Å². The number of benzene rings is 1. The van der Waals surface area contributed by atoms with Crippen LogP contribution in [0.25, 0.3) is 0 Å². The number of hydrogen-bond donors (Lipinski definition) is 1. The van der Waals surface area contributed by atoms with Gasteiger partial charge in [0.05, 0.1) is 34.8 Å². The summed E-state index contributed by atoms with van der Waals surface area (Å²) in [6, 6.07) is 9.71. The Morgan fingerprint density at radius 3 is 2.48 bits per heavy atom. The monoisotopic (exact) mass is 484 g/mol. The molecule has 2 aromatic rings. The van der Waals surface area contributed by atoms with Crippen molar-refractivity contribution in [3.63, 3.8) is 0 Å². The highest BCUT2D eigenvalue weighted by atomic mass is 32.2. The van der Waals surface area contributed by atoms with Crippen LogP contribution in [0, 0.1) is 0 Å². The average Bonchev–Trinajstić information content (AvgIpc) is 3.50. The van der Waals surface area contributed by atoms with E-state index >= 15 is 0 Å². The molecule has 1 unspecified atom stereocenters. The van der Waals surface area contributed by atoms with Crippen LogP contribution in [0.2, 0.25) is 0 Å². The maximum atomic E-state index is 13.3. The summed E-state index contributed by atoms with van der Waals surface area (Å²) in [4.78, 5) is 3.73. The van der Waals surface area contributed by atoms with Gasteiger partial charge in [0.2, 0.25) is 0 Å². The van der Waals surface area contributed by atoms with Gasteiger partial charge >= 0.3 is 0 Å². The van der Waals surface area contributed by atoms with Gasteiger partial charge in [-0.05, 0) is 61.6 Å². The maximum absolute atomic E-state index is 13.3. The molecule has 1 aromatic heterocycles. The molecule has 0 amide bonds. The van der Waals surface area contributed by atoms with Crippen molar-refractivity contribution in [3.8, 4) is 5.75 Å². The predicted molar refractivity (Wildman–Crippen MR) is 122 cm³/mol. The second-order valence-electron chi connectivity index (χ2n) is 8.12. The van der Waals surface area contributed by atoms with Crippen molar-refractivity contribution < 1.29 is 21.6 Å². The fraction of sp³-hybridized carbons (Fsp3) is 0.524. The van der Waals surface area contributed by atoms with Crippen molar-refractivity contribution >= 4 is 31.0 Å². The molecule has 3 heterocycles. The van der Waals surface area contributed by atoms with Crippen molar-refractivity contribution in [3.05, 3.63) is 46.7 Å². The summed E-state index contributed by atoms with van der Waals surface area (Å²) >= 11 is 1.68. The van der Waals surface area contributed by atoms with Gasteiger partial charge < -0.3 is 10.1 Å². The number of likely N-dealkylation sites (tertiary alicyclic amines) is 1. The molecule has 0 bridgehead atoms. The van der Waals surface area contributed by atoms with E-state index in [1.54, 1.807) is 23.5 Å². The number of ether oxygens (including phenoxy) is 1. The highest BCUT2D eigenvalue weighted by Crippen LogP contribution is 2.30. The molecule has 2 saturated heterocycles. The number of nitrogens with one attached hydrogen (secondary N) is 1. The van der Waals surface area contributed by atoms with Gasteiger partial charge in [-0.15, -0.1) is 11.3 Å². The van der Waals surface area contributed by atoms with E-state index in [9.17, 15) is 16.8 Å². The third-order valence-corrected chi connectivity index (χ3v) is 11.3. The van der Waals surface area contributed by atoms with Crippen molar-refractivity contribution in [1.29, 1.82) is 0 Å². The molecule has 1 aromatic carbocycles. The summed E-state index contributed by atoms with van der Waals surface area (Å²) in [7, 11) is -5.75. The molecule has 3 atom stereocenters. The van der Waals surface area contributed by atoms with Crippen LogP contribution in [0.1, 0.15) is 23.8 Å². The first-order chi connectivity index (χ1) is 14.8. The van der Waals surface area contributed by atoms with E-state index in [0.717, 1.165) is 25.9 Å². The number of methoxy groups -OCH3 is 1. The Hall–Kier alpha value is -1.46. The molecule has 4 rings (SSSR count). The topological polar surface area (TPSA) is 92.8 Å². The number of sulfone groups is 2. The largest absolute Gasteiger partial charge is 0.497 e. The molecule has 2 aliphatic heterocycles. The highest BCUT2D eigenvalue weighted by molar-refractivity contribution is 7.96. The Bertz CT molecular complexity index is 1080. The fourth-order valence-corrected chi connectivity index (χ4v) is 10.0. The lowest BCUT2D eigenvalue weighted by molar-refractivity contribution is 0.237. The summed E-state index contributed by atoms with van der Waals surface area (Å²) in [6.07, 6.45) is 2.29. The number of hydrogen-bond acceptors (Lipinski definition) is 8. The van der Waals surface area contributed by atoms with Crippen LogP contribution in [-0.4, -0.2) is 71.3 Å². The number of rotatable bonds is 8. The molecular weight excluding hydrogens is 456 g/mol. The Morgan fingerprint density at radius 2 is 1.87 bits per heavy atom. The molecule has 170 valence electrons. The zero-order valence-corrected chi connectivity index (χ0v) is 19.9. The van der Waals surface area contributed by atoms with Crippen LogP contribution in [0.3, 0.4) is 0 Å². The standard InChI is InChI=1S/C21H28N2O5S3/c1-28-16-6-8-17(9-7-16)31(26,27)21-15-30(24,25)14-18(21)22-13-19(20-5-4-12-29-20)23-10-2-3-11-23/h4-9,12,18-19,21-22H,2-3,10-11,13-15H2,1H3/t18-,19?,21-/m0/s1. The summed E-state index contributed by atoms with van der Waals surface area (Å²) in [5, 5.41) is 4.36. The maximum Gasteiger partial charge on any atom is 0.183 e. The fourth-order valence-electron chi connectivity index (χ4n) is 4.46. The Morgan fingerprint density at radius 1 is 1.16 bits per heavy atom. The molecule has 7 nitrogen and oxygen atoms in total. The first-order valence-electron chi connectivity index (χ1n) is 10.4. The molecule has 0 saturated carbocycles. The zero-order valence-electron chi connectivity index (χ0n) is 17.4. The van der Waals surface area contributed by atoms with Crippen LogP contribution < -0.4 is 10.1 Å². The molecule has 0 radical (unpaired) electrons. The van der Waals surface area contributed by atoms with E-state index in [0.29, 0.717) is 12.3 Å². The summed E-state index contributed by atoms with van der Waals surface area (Å²) in [5.41, 5.74) is 0. The minimum absolute atomic E-state index is 0.121. The predicted octanol–water partition coefficient (Wildman–Crippen LogP) is 2.12. The SMILES string of the molecule is COc1ccc(S(=O)(=O)[C@H]2CS(=O)(=O)C[C@@H]2NCC(c2cccs2)N2CCCC2)cc1. The summed E-state index contributed by atoms with van der Waals surface area (Å²) < 4.78 is 56.6. The second-order valence-corrected chi connectivity index (χ2v) is 13.4. The quantitative estimate of drug-likeness (QED) is 0.614. The van der Waals surface area contributed by atoms with Crippen LogP contribution in [0.15, 0.2) is 46.7 Å². The third-order valence-electron chi connectivity index (χ3n) is 6.11. The van der Waals surface area contributed by atoms with E-state index < -0.39 is 31.0 Å². The van der Waals surface area contributed by atoms with Crippen LogP contribution in [-0.2, 0) is 19.7 Å². The molecule has 2 aliphatic rings. The van der Waals surface area contributed by atoms with Gasteiger partial charge in [-0.2, -0.15) is 0 Å². The van der Waals surface area contributed by atoms with E-state index in [1.165, 1.54) is 24.1 Å². The Labute approximate surface area is 188 Å². The van der Waals surface area contributed by atoms with E-state index in [4.69, 9.17) is 4.74 Å².